The highest BCUT2D eigenvalue weighted by molar-refractivity contribution is 5.46. The number of oxazole rings is 1. The summed E-state index contributed by atoms with van der Waals surface area (Å²) in [6.45, 7) is 0.562. The van der Waals surface area contributed by atoms with Crippen LogP contribution in [0.2, 0.25) is 0 Å². The molecule has 0 radical (unpaired) electrons. The zero-order valence-corrected chi connectivity index (χ0v) is 8.47. The molecule has 0 bridgehead atoms. The van der Waals surface area contributed by atoms with Crippen molar-refractivity contribution >= 4 is 5.88 Å². The van der Waals surface area contributed by atoms with Crippen LogP contribution in [-0.4, -0.2) is 17.0 Å². The number of hydrogen-bond donors (Lipinski definition) is 1. The average molecular weight is 223 g/mol. The van der Waals surface area contributed by atoms with E-state index in [2.05, 4.69) is 10.3 Å². The van der Waals surface area contributed by atoms with Crippen molar-refractivity contribution in [1.82, 2.24) is 10.3 Å². The Hall–Kier alpha value is -2.15. The molecule has 2 aromatic heterocycles. The molecule has 84 valence electrons. The van der Waals surface area contributed by atoms with E-state index in [1.54, 1.807) is 7.05 Å². The van der Waals surface area contributed by atoms with Crippen molar-refractivity contribution in [3.05, 3.63) is 34.2 Å². The third-order valence-corrected chi connectivity index (χ3v) is 1.89. The summed E-state index contributed by atoms with van der Waals surface area (Å²) in [6.07, 6.45) is 1.47. The van der Waals surface area contributed by atoms with Crippen LogP contribution in [-0.2, 0) is 6.54 Å². The van der Waals surface area contributed by atoms with Crippen LogP contribution in [0.5, 0.6) is 0 Å². The van der Waals surface area contributed by atoms with E-state index in [1.165, 1.54) is 18.4 Å². The first-order valence-corrected chi connectivity index (χ1v) is 4.54. The monoisotopic (exact) mass is 223 g/mol. The van der Waals surface area contributed by atoms with Gasteiger partial charge < -0.3 is 14.2 Å². The third kappa shape index (κ3) is 1.94. The van der Waals surface area contributed by atoms with Gasteiger partial charge in [-0.3, -0.25) is 10.1 Å². The Bertz CT molecular complexity index is 502. The largest absolute Gasteiger partial charge is 0.442 e. The van der Waals surface area contributed by atoms with Crippen molar-refractivity contribution in [3.8, 4) is 11.7 Å². The van der Waals surface area contributed by atoms with Gasteiger partial charge in [0.25, 0.3) is 5.89 Å². The summed E-state index contributed by atoms with van der Waals surface area (Å²) in [5.41, 5.74) is 0.705. The van der Waals surface area contributed by atoms with Crippen molar-refractivity contribution in [2.24, 2.45) is 0 Å². The molecule has 1 N–H and O–H groups in total. The summed E-state index contributed by atoms with van der Waals surface area (Å²) in [6, 6.07) is 2.71. The Kier molecular flexibility index (Phi) is 2.69. The topological polar surface area (TPSA) is 94.3 Å². The molecule has 0 amide bonds. The Labute approximate surface area is 90.2 Å². The number of rotatable bonds is 4. The summed E-state index contributed by atoms with van der Waals surface area (Å²) in [4.78, 5) is 13.9. The van der Waals surface area contributed by atoms with Crippen molar-refractivity contribution in [2.45, 2.75) is 6.54 Å². The highest BCUT2D eigenvalue weighted by Gasteiger charge is 2.16. The van der Waals surface area contributed by atoms with Crippen molar-refractivity contribution in [1.29, 1.82) is 0 Å². The zero-order chi connectivity index (χ0) is 11.5. The first-order valence-electron chi connectivity index (χ1n) is 4.54. The predicted molar refractivity (Wildman–Crippen MR) is 53.6 cm³/mol. The van der Waals surface area contributed by atoms with Crippen LogP contribution in [0.1, 0.15) is 5.69 Å². The minimum atomic E-state index is -0.610. The number of furan rings is 1. The first-order chi connectivity index (χ1) is 7.70. The van der Waals surface area contributed by atoms with Crippen LogP contribution in [0.15, 0.2) is 27.2 Å². The van der Waals surface area contributed by atoms with Crippen LogP contribution in [0.25, 0.3) is 11.7 Å². The fraction of sp³-hybridized carbons (Fsp3) is 0.222. The second-order valence-electron chi connectivity index (χ2n) is 3.07. The fourth-order valence-corrected chi connectivity index (χ4v) is 1.22. The molecule has 7 heteroatoms. The molecule has 0 atom stereocenters. The highest BCUT2D eigenvalue weighted by Crippen LogP contribution is 2.25. The van der Waals surface area contributed by atoms with Gasteiger partial charge in [-0.1, -0.05) is 0 Å². The van der Waals surface area contributed by atoms with E-state index in [0.717, 1.165) is 0 Å². The SMILES string of the molecule is CNCc1coc(-c2ccc([N+](=O)[O-])o2)n1. The Balaban J connectivity index is 2.24. The van der Waals surface area contributed by atoms with Gasteiger partial charge >= 0.3 is 5.88 Å². The maximum Gasteiger partial charge on any atom is 0.433 e. The Morgan fingerprint density at radius 1 is 1.56 bits per heavy atom. The van der Waals surface area contributed by atoms with Gasteiger partial charge in [-0.15, -0.1) is 0 Å². The molecule has 0 fully saturated rings. The molecule has 2 heterocycles. The lowest BCUT2D eigenvalue weighted by Gasteiger charge is -1.88. The molecule has 2 aromatic rings. The van der Waals surface area contributed by atoms with E-state index in [0.29, 0.717) is 12.2 Å². The maximum atomic E-state index is 10.4. The lowest BCUT2D eigenvalue weighted by molar-refractivity contribution is -0.401. The van der Waals surface area contributed by atoms with Gasteiger partial charge in [0.15, 0.2) is 5.76 Å². The summed E-state index contributed by atoms with van der Waals surface area (Å²) in [5, 5.41) is 13.3. The lowest BCUT2D eigenvalue weighted by atomic mass is 10.4. The van der Waals surface area contributed by atoms with Gasteiger partial charge in [0.2, 0.25) is 0 Å². The van der Waals surface area contributed by atoms with E-state index in [-0.39, 0.29) is 17.5 Å². The molecular formula is C9H9N3O4. The minimum Gasteiger partial charge on any atom is -0.442 e. The summed E-state index contributed by atoms with van der Waals surface area (Å²) in [7, 11) is 1.78. The first kappa shape index (κ1) is 10.4. The van der Waals surface area contributed by atoms with Crippen LogP contribution in [0.3, 0.4) is 0 Å². The molecule has 2 rings (SSSR count). The van der Waals surface area contributed by atoms with Gasteiger partial charge in [0.05, 0.1) is 11.8 Å². The number of aromatic nitrogens is 1. The number of nitro groups is 1. The van der Waals surface area contributed by atoms with Crippen molar-refractivity contribution in [3.63, 3.8) is 0 Å². The van der Waals surface area contributed by atoms with Gasteiger partial charge in [0.1, 0.15) is 11.2 Å². The molecule has 0 aromatic carbocycles. The van der Waals surface area contributed by atoms with Gasteiger partial charge in [-0.05, 0) is 13.1 Å². The highest BCUT2D eigenvalue weighted by atomic mass is 16.6. The second-order valence-corrected chi connectivity index (χ2v) is 3.07. The van der Waals surface area contributed by atoms with Gasteiger partial charge in [-0.25, -0.2) is 4.98 Å². The van der Waals surface area contributed by atoms with E-state index in [4.69, 9.17) is 8.83 Å². The zero-order valence-electron chi connectivity index (χ0n) is 8.47. The summed E-state index contributed by atoms with van der Waals surface area (Å²) in [5.74, 6) is 0.149. The van der Waals surface area contributed by atoms with E-state index in [9.17, 15) is 10.1 Å². The third-order valence-electron chi connectivity index (χ3n) is 1.89. The number of nitrogens with one attached hydrogen (secondary N) is 1. The molecule has 7 nitrogen and oxygen atoms in total. The maximum absolute atomic E-state index is 10.4. The Morgan fingerprint density at radius 3 is 3.00 bits per heavy atom. The molecule has 0 saturated heterocycles. The van der Waals surface area contributed by atoms with E-state index < -0.39 is 4.92 Å². The van der Waals surface area contributed by atoms with Crippen LogP contribution >= 0.6 is 0 Å². The molecule has 0 unspecified atom stereocenters. The van der Waals surface area contributed by atoms with E-state index >= 15 is 0 Å². The standard InChI is InChI=1S/C9H9N3O4/c1-10-4-6-5-15-9(11-6)7-2-3-8(16-7)12(13)14/h2-3,5,10H,4H2,1H3. The molecule has 0 spiro atoms. The number of hydrogen-bond acceptors (Lipinski definition) is 6. The van der Waals surface area contributed by atoms with Gasteiger partial charge in [-0.2, -0.15) is 0 Å². The van der Waals surface area contributed by atoms with Crippen molar-refractivity contribution in [2.75, 3.05) is 7.05 Å². The van der Waals surface area contributed by atoms with Crippen molar-refractivity contribution < 1.29 is 13.8 Å². The van der Waals surface area contributed by atoms with Crippen LogP contribution < -0.4 is 5.32 Å². The minimum absolute atomic E-state index is 0.235. The van der Waals surface area contributed by atoms with Gasteiger partial charge in [0, 0.05) is 6.54 Å². The average Bonchev–Trinajstić information content (AvgIpc) is 2.84. The quantitative estimate of drug-likeness (QED) is 0.624. The molecule has 0 aliphatic carbocycles. The number of nitrogens with zero attached hydrogens (tertiary/aromatic N) is 2. The predicted octanol–water partition coefficient (Wildman–Crippen LogP) is 1.56. The Morgan fingerprint density at radius 2 is 2.38 bits per heavy atom. The molecular weight excluding hydrogens is 214 g/mol. The normalized spacial score (nSPS) is 10.6. The molecule has 0 aliphatic rings. The van der Waals surface area contributed by atoms with Crippen LogP contribution in [0.4, 0.5) is 5.88 Å². The fourth-order valence-electron chi connectivity index (χ4n) is 1.22. The van der Waals surface area contributed by atoms with Crippen LogP contribution in [0, 0.1) is 10.1 Å². The summed E-state index contributed by atoms with van der Waals surface area (Å²) < 4.78 is 10.1. The molecule has 0 aliphatic heterocycles. The lowest BCUT2D eigenvalue weighted by Crippen LogP contribution is -2.04. The second kappa shape index (κ2) is 4.15. The molecule has 16 heavy (non-hydrogen) atoms. The van der Waals surface area contributed by atoms with E-state index in [1.807, 2.05) is 0 Å². The summed E-state index contributed by atoms with van der Waals surface area (Å²) >= 11 is 0. The molecule has 0 saturated carbocycles. The smallest absolute Gasteiger partial charge is 0.433 e.